The molecule has 2 aliphatic rings. The van der Waals surface area contributed by atoms with Crippen molar-refractivity contribution in [2.75, 3.05) is 44.2 Å². The predicted molar refractivity (Wildman–Crippen MR) is 97.2 cm³/mol. The number of carbonyl (C=O) groups excluding carboxylic acids is 1. The second-order valence-electron chi connectivity index (χ2n) is 7.23. The molecule has 0 N–H and O–H groups in total. The lowest BCUT2D eigenvalue weighted by molar-refractivity contribution is -0.138. The van der Waals surface area contributed by atoms with Gasteiger partial charge in [0, 0.05) is 51.2 Å². The molecule has 0 aromatic carbocycles. The molecular formula is C19H27N5O. The van der Waals surface area contributed by atoms with E-state index in [-0.39, 0.29) is 5.92 Å². The molecule has 1 aromatic heterocycles. The molecule has 2 aliphatic heterocycles. The van der Waals surface area contributed by atoms with E-state index in [4.69, 9.17) is 5.26 Å². The van der Waals surface area contributed by atoms with Crippen molar-refractivity contribution >= 4 is 11.6 Å². The summed E-state index contributed by atoms with van der Waals surface area (Å²) in [6.07, 6.45) is 3.54. The highest BCUT2D eigenvalue weighted by Crippen LogP contribution is 2.25. The standard InChI is InChI=1S/C19H27N5O/c1-15(2)22-9-11-24(12-10-22)19(25)16-5-7-23(8-6-16)18-4-3-17(13-20)21-14-18/h3-4,14-16H,5-12H2,1-2H3. The molecule has 0 unspecified atom stereocenters. The number of hydrogen-bond acceptors (Lipinski definition) is 5. The van der Waals surface area contributed by atoms with Crippen molar-refractivity contribution in [1.82, 2.24) is 14.8 Å². The summed E-state index contributed by atoms with van der Waals surface area (Å²) in [7, 11) is 0. The van der Waals surface area contributed by atoms with Crippen molar-refractivity contribution in [3.05, 3.63) is 24.0 Å². The Bertz CT molecular complexity index is 620. The summed E-state index contributed by atoms with van der Waals surface area (Å²) in [6.45, 7) is 9.86. The molecule has 6 nitrogen and oxygen atoms in total. The third-order valence-corrected chi connectivity index (χ3v) is 5.43. The Labute approximate surface area is 150 Å². The molecule has 0 saturated carbocycles. The minimum absolute atomic E-state index is 0.146. The van der Waals surface area contributed by atoms with Crippen LogP contribution in [0, 0.1) is 17.2 Å². The van der Waals surface area contributed by atoms with Gasteiger partial charge in [0.1, 0.15) is 11.8 Å². The van der Waals surface area contributed by atoms with E-state index in [1.54, 1.807) is 12.3 Å². The Hall–Kier alpha value is -2.13. The fraction of sp³-hybridized carbons (Fsp3) is 0.632. The molecule has 6 heteroatoms. The molecule has 25 heavy (non-hydrogen) atoms. The monoisotopic (exact) mass is 341 g/mol. The summed E-state index contributed by atoms with van der Waals surface area (Å²) >= 11 is 0. The van der Waals surface area contributed by atoms with Crippen LogP contribution in [0.2, 0.25) is 0 Å². The topological polar surface area (TPSA) is 63.5 Å². The van der Waals surface area contributed by atoms with Crippen molar-refractivity contribution in [1.29, 1.82) is 5.26 Å². The van der Waals surface area contributed by atoms with E-state index in [1.165, 1.54) is 0 Å². The normalized spacial score (nSPS) is 19.9. The van der Waals surface area contributed by atoms with Crippen molar-refractivity contribution in [3.63, 3.8) is 0 Å². The van der Waals surface area contributed by atoms with Crippen LogP contribution in [0.1, 0.15) is 32.4 Å². The largest absolute Gasteiger partial charge is 0.370 e. The van der Waals surface area contributed by atoms with Crippen LogP contribution in [-0.2, 0) is 4.79 Å². The fourth-order valence-corrected chi connectivity index (χ4v) is 3.74. The van der Waals surface area contributed by atoms with Gasteiger partial charge in [0.05, 0.1) is 11.9 Å². The van der Waals surface area contributed by atoms with Gasteiger partial charge in [-0.15, -0.1) is 0 Å². The van der Waals surface area contributed by atoms with E-state index in [9.17, 15) is 4.79 Å². The minimum Gasteiger partial charge on any atom is -0.370 e. The lowest BCUT2D eigenvalue weighted by atomic mass is 9.94. The molecule has 134 valence electrons. The smallest absolute Gasteiger partial charge is 0.225 e. The third kappa shape index (κ3) is 4.10. The molecule has 0 spiro atoms. The quantitative estimate of drug-likeness (QED) is 0.838. The summed E-state index contributed by atoms with van der Waals surface area (Å²) in [6, 6.07) is 6.29. The number of pyridine rings is 1. The zero-order chi connectivity index (χ0) is 17.8. The van der Waals surface area contributed by atoms with Crippen molar-refractivity contribution in [2.24, 2.45) is 5.92 Å². The number of amides is 1. The molecule has 0 radical (unpaired) electrons. The second kappa shape index (κ2) is 7.83. The van der Waals surface area contributed by atoms with Crippen LogP contribution >= 0.6 is 0 Å². The zero-order valence-corrected chi connectivity index (χ0v) is 15.2. The molecule has 0 atom stereocenters. The number of nitrogens with zero attached hydrogens (tertiary/aromatic N) is 5. The van der Waals surface area contributed by atoms with Crippen LogP contribution in [-0.4, -0.2) is 66.0 Å². The molecule has 1 aromatic rings. The molecule has 1 amide bonds. The van der Waals surface area contributed by atoms with Crippen LogP contribution < -0.4 is 4.90 Å². The Balaban J connectivity index is 1.50. The number of hydrogen-bond donors (Lipinski definition) is 0. The minimum atomic E-state index is 0.146. The first-order valence-corrected chi connectivity index (χ1v) is 9.22. The summed E-state index contributed by atoms with van der Waals surface area (Å²) in [5, 5.41) is 8.83. The average Bonchev–Trinajstić information content (AvgIpc) is 2.67. The van der Waals surface area contributed by atoms with Gasteiger partial charge in [-0.1, -0.05) is 0 Å². The summed E-state index contributed by atoms with van der Waals surface area (Å²) in [4.78, 5) is 23.7. The molecular weight excluding hydrogens is 314 g/mol. The molecule has 3 heterocycles. The van der Waals surface area contributed by atoms with Gasteiger partial charge in [-0.25, -0.2) is 4.98 Å². The summed E-state index contributed by atoms with van der Waals surface area (Å²) in [5.41, 5.74) is 1.48. The maximum absolute atomic E-state index is 12.8. The van der Waals surface area contributed by atoms with Crippen LogP contribution in [0.3, 0.4) is 0 Å². The second-order valence-corrected chi connectivity index (χ2v) is 7.23. The van der Waals surface area contributed by atoms with Gasteiger partial charge < -0.3 is 9.80 Å². The average molecular weight is 341 g/mol. The van der Waals surface area contributed by atoms with Crippen molar-refractivity contribution in [2.45, 2.75) is 32.7 Å². The van der Waals surface area contributed by atoms with Crippen LogP contribution in [0.25, 0.3) is 0 Å². The van der Waals surface area contributed by atoms with E-state index in [1.807, 2.05) is 12.1 Å². The lowest BCUT2D eigenvalue weighted by Gasteiger charge is -2.40. The highest BCUT2D eigenvalue weighted by molar-refractivity contribution is 5.79. The number of anilines is 1. The Morgan fingerprint density at radius 2 is 1.84 bits per heavy atom. The zero-order valence-electron chi connectivity index (χ0n) is 15.2. The van der Waals surface area contributed by atoms with E-state index in [0.29, 0.717) is 17.6 Å². The molecule has 0 aliphatic carbocycles. The SMILES string of the molecule is CC(C)N1CCN(C(=O)C2CCN(c3ccc(C#N)nc3)CC2)CC1. The van der Waals surface area contributed by atoms with Crippen LogP contribution in [0.4, 0.5) is 5.69 Å². The van der Waals surface area contributed by atoms with Gasteiger partial charge in [-0.2, -0.15) is 5.26 Å². The first-order chi connectivity index (χ1) is 12.1. The van der Waals surface area contributed by atoms with Gasteiger partial charge in [-0.3, -0.25) is 9.69 Å². The van der Waals surface area contributed by atoms with Crippen molar-refractivity contribution in [3.8, 4) is 6.07 Å². The Morgan fingerprint density at radius 3 is 2.36 bits per heavy atom. The highest BCUT2D eigenvalue weighted by Gasteiger charge is 2.30. The van der Waals surface area contributed by atoms with E-state index in [0.717, 1.165) is 57.8 Å². The molecule has 2 fully saturated rings. The Morgan fingerprint density at radius 1 is 1.16 bits per heavy atom. The van der Waals surface area contributed by atoms with E-state index in [2.05, 4.69) is 33.5 Å². The van der Waals surface area contributed by atoms with E-state index < -0.39 is 0 Å². The summed E-state index contributed by atoms with van der Waals surface area (Å²) < 4.78 is 0. The van der Waals surface area contributed by atoms with Gasteiger partial charge >= 0.3 is 0 Å². The van der Waals surface area contributed by atoms with Crippen LogP contribution in [0.5, 0.6) is 0 Å². The lowest BCUT2D eigenvalue weighted by Crippen LogP contribution is -2.53. The number of piperazine rings is 1. The van der Waals surface area contributed by atoms with Gasteiger partial charge in [-0.05, 0) is 38.8 Å². The Kier molecular flexibility index (Phi) is 5.54. The summed E-state index contributed by atoms with van der Waals surface area (Å²) in [5.74, 6) is 0.481. The van der Waals surface area contributed by atoms with E-state index >= 15 is 0 Å². The first-order valence-electron chi connectivity index (χ1n) is 9.22. The van der Waals surface area contributed by atoms with Gasteiger partial charge in [0.15, 0.2) is 0 Å². The molecule has 2 saturated heterocycles. The third-order valence-electron chi connectivity index (χ3n) is 5.43. The van der Waals surface area contributed by atoms with Gasteiger partial charge in [0.25, 0.3) is 0 Å². The fourth-order valence-electron chi connectivity index (χ4n) is 3.74. The molecule has 0 bridgehead atoms. The maximum atomic E-state index is 12.8. The van der Waals surface area contributed by atoms with Gasteiger partial charge in [0.2, 0.25) is 5.91 Å². The first kappa shape index (κ1) is 17.7. The van der Waals surface area contributed by atoms with Crippen molar-refractivity contribution < 1.29 is 4.79 Å². The predicted octanol–water partition coefficient (Wildman–Crippen LogP) is 1.72. The number of aromatic nitrogens is 1. The number of piperidine rings is 1. The maximum Gasteiger partial charge on any atom is 0.225 e. The highest BCUT2D eigenvalue weighted by atomic mass is 16.2. The number of carbonyl (C=O) groups is 1. The molecule has 3 rings (SSSR count). The van der Waals surface area contributed by atoms with Crippen LogP contribution in [0.15, 0.2) is 18.3 Å². The number of nitriles is 1. The number of rotatable bonds is 3.